The molecule has 1 aliphatic rings. The van der Waals surface area contributed by atoms with Gasteiger partial charge in [0, 0.05) is 0 Å². The van der Waals surface area contributed by atoms with Crippen molar-refractivity contribution in [2.45, 2.75) is 50.3 Å². The Bertz CT molecular complexity index is 447. The summed E-state index contributed by atoms with van der Waals surface area (Å²) in [5.74, 6) is -0.395. The fraction of sp³-hybridized carbons (Fsp3) is 0.818. The molecule has 0 radical (unpaired) electrons. The number of carbonyl (C=O) groups excluding carboxylic acids is 1. The molecule has 1 saturated heterocycles. The molecule has 1 heterocycles. The molecule has 1 rings (SSSR count). The van der Waals surface area contributed by atoms with Crippen LogP contribution in [-0.2, 0) is 14.6 Å². The molecule has 7 heteroatoms. The third kappa shape index (κ3) is 3.20. The Morgan fingerprint density at radius 2 is 2.11 bits per heavy atom. The minimum Gasteiger partial charge on any atom is -0.391 e. The van der Waals surface area contributed by atoms with Crippen molar-refractivity contribution in [1.29, 1.82) is 0 Å². The predicted octanol–water partition coefficient (Wildman–Crippen LogP) is 0.525. The van der Waals surface area contributed by atoms with E-state index in [4.69, 9.17) is 18.0 Å². The molecule has 18 heavy (non-hydrogen) atoms. The van der Waals surface area contributed by atoms with Gasteiger partial charge in [-0.3, -0.25) is 4.79 Å². The van der Waals surface area contributed by atoms with Gasteiger partial charge in [-0.1, -0.05) is 25.6 Å². The molecule has 0 aromatic heterocycles. The number of nitrogens with one attached hydrogen (secondary N) is 1. The van der Waals surface area contributed by atoms with Crippen LogP contribution in [0.5, 0.6) is 0 Å². The summed E-state index contributed by atoms with van der Waals surface area (Å²) in [7, 11) is -3.33. The summed E-state index contributed by atoms with van der Waals surface area (Å²) < 4.78 is 23.7. The van der Waals surface area contributed by atoms with Gasteiger partial charge in [-0.15, -0.1) is 0 Å². The lowest BCUT2D eigenvalue weighted by molar-refractivity contribution is -0.122. The number of carbonyl (C=O) groups is 1. The summed E-state index contributed by atoms with van der Waals surface area (Å²) >= 11 is 4.92. The SMILES string of the molecule is CCC(C)(NC(=O)C1CCCCS1(=O)=O)C(N)=S. The maximum Gasteiger partial charge on any atom is 0.239 e. The van der Waals surface area contributed by atoms with Gasteiger partial charge in [0.05, 0.1) is 16.3 Å². The zero-order chi connectivity index (χ0) is 14.0. The lowest BCUT2D eigenvalue weighted by Crippen LogP contribution is -2.57. The second-order valence-electron chi connectivity index (χ2n) is 4.89. The number of amides is 1. The van der Waals surface area contributed by atoms with Crippen LogP contribution >= 0.6 is 12.2 Å². The van der Waals surface area contributed by atoms with Crippen molar-refractivity contribution in [3.8, 4) is 0 Å². The minimum atomic E-state index is -3.33. The molecular formula is C11H20N2O3S2. The van der Waals surface area contributed by atoms with Gasteiger partial charge in [0.25, 0.3) is 0 Å². The van der Waals surface area contributed by atoms with E-state index >= 15 is 0 Å². The molecule has 2 atom stereocenters. The van der Waals surface area contributed by atoms with Crippen LogP contribution in [0.1, 0.15) is 39.5 Å². The molecule has 0 bridgehead atoms. The van der Waals surface area contributed by atoms with Gasteiger partial charge in [0.2, 0.25) is 5.91 Å². The molecule has 0 aliphatic carbocycles. The van der Waals surface area contributed by atoms with E-state index < -0.39 is 26.5 Å². The molecular weight excluding hydrogens is 272 g/mol. The molecule has 3 N–H and O–H groups in total. The predicted molar refractivity (Wildman–Crippen MR) is 75.0 cm³/mol. The van der Waals surface area contributed by atoms with Crippen LogP contribution in [-0.4, -0.2) is 35.9 Å². The summed E-state index contributed by atoms with van der Waals surface area (Å²) in [6.07, 6.45) is 2.30. The number of nitrogens with two attached hydrogens (primary N) is 1. The maximum atomic E-state index is 12.1. The van der Waals surface area contributed by atoms with E-state index in [1.807, 2.05) is 6.92 Å². The van der Waals surface area contributed by atoms with Crippen molar-refractivity contribution in [3.05, 3.63) is 0 Å². The Hall–Kier alpha value is -0.690. The third-order valence-electron chi connectivity index (χ3n) is 3.52. The molecule has 0 aromatic rings. The van der Waals surface area contributed by atoms with Crippen molar-refractivity contribution in [1.82, 2.24) is 5.32 Å². The number of thiocarbonyl (C=S) groups is 1. The lowest BCUT2D eigenvalue weighted by Gasteiger charge is -2.31. The zero-order valence-electron chi connectivity index (χ0n) is 10.7. The second-order valence-corrected chi connectivity index (χ2v) is 7.63. The van der Waals surface area contributed by atoms with Gasteiger partial charge < -0.3 is 11.1 Å². The zero-order valence-corrected chi connectivity index (χ0v) is 12.4. The number of hydrogen-bond donors (Lipinski definition) is 2. The maximum absolute atomic E-state index is 12.1. The van der Waals surface area contributed by atoms with E-state index in [-0.39, 0.29) is 10.7 Å². The van der Waals surface area contributed by atoms with E-state index in [2.05, 4.69) is 5.32 Å². The Labute approximate surface area is 113 Å². The fourth-order valence-electron chi connectivity index (χ4n) is 1.93. The summed E-state index contributed by atoms with van der Waals surface area (Å²) in [6.45, 7) is 3.55. The van der Waals surface area contributed by atoms with E-state index in [9.17, 15) is 13.2 Å². The number of rotatable bonds is 4. The molecule has 104 valence electrons. The van der Waals surface area contributed by atoms with Crippen LogP contribution in [0.3, 0.4) is 0 Å². The average Bonchev–Trinajstić information content (AvgIpc) is 2.27. The molecule has 1 aliphatic heterocycles. The summed E-state index contributed by atoms with van der Waals surface area (Å²) in [4.78, 5) is 12.3. The van der Waals surface area contributed by atoms with Gasteiger partial charge >= 0.3 is 0 Å². The van der Waals surface area contributed by atoms with Crippen LogP contribution in [0.4, 0.5) is 0 Å². The van der Waals surface area contributed by atoms with E-state index in [1.54, 1.807) is 6.92 Å². The fourth-order valence-corrected chi connectivity index (χ4v) is 3.92. The van der Waals surface area contributed by atoms with Crippen LogP contribution in [0.25, 0.3) is 0 Å². The molecule has 1 amide bonds. The monoisotopic (exact) mass is 292 g/mol. The topological polar surface area (TPSA) is 89.3 Å². The van der Waals surface area contributed by atoms with Crippen molar-refractivity contribution < 1.29 is 13.2 Å². The molecule has 5 nitrogen and oxygen atoms in total. The Kier molecular flexibility index (Phi) is 4.72. The molecule has 1 fully saturated rings. The van der Waals surface area contributed by atoms with E-state index in [0.29, 0.717) is 19.3 Å². The highest BCUT2D eigenvalue weighted by molar-refractivity contribution is 7.92. The molecule has 0 spiro atoms. The van der Waals surface area contributed by atoms with E-state index in [1.165, 1.54) is 0 Å². The van der Waals surface area contributed by atoms with Crippen LogP contribution < -0.4 is 11.1 Å². The number of hydrogen-bond acceptors (Lipinski definition) is 4. The second kappa shape index (κ2) is 5.52. The van der Waals surface area contributed by atoms with Crippen LogP contribution in [0.15, 0.2) is 0 Å². The first-order valence-electron chi connectivity index (χ1n) is 6.06. The third-order valence-corrected chi connectivity index (χ3v) is 6.15. The lowest BCUT2D eigenvalue weighted by atomic mass is 9.98. The average molecular weight is 292 g/mol. The Balaban J connectivity index is 2.85. The van der Waals surface area contributed by atoms with Gasteiger partial charge in [-0.25, -0.2) is 8.42 Å². The normalized spacial score (nSPS) is 26.0. The first-order chi connectivity index (χ1) is 8.23. The summed E-state index contributed by atoms with van der Waals surface area (Å²) in [5, 5.41) is 1.73. The Morgan fingerprint density at radius 1 is 1.50 bits per heavy atom. The highest BCUT2D eigenvalue weighted by Gasteiger charge is 2.38. The van der Waals surface area contributed by atoms with E-state index in [0.717, 1.165) is 6.42 Å². The van der Waals surface area contributed by atoms with Crippen molar-refractivity contribution in [2.75, 3.05) is 5.75 Å². The minimum absolute atomic E-state index is 0.0843. The number of sulfone groups is 1. The highest BCUT2D eigenvalue weighted by atomic mass is 32.2. The standard InChI is InChI=1S/C11H20N2O3S2/c1-3-11(2,10(12)17)13-9(14)8-6-4-5-7-18(8,15)16/h8H,3-7H2,1-2H3,(H2,12,17)(H,13,14). The quantitative estimate of drug-likeness (QED) is 0.738. The van der Waals surface area contributed by atoms with Gasteiger partial charge in [-0.2, -0.15) is 0 Å². The van der Waals surface area contributed by atoms with Gasteiger partial charge in [0.1, 0.15) is 5.25 Å². The van der Waals surface area contributed by atoms with Crippen molar-refractivity contribution in [2.24, 2.45) is 5.73 Å². The summed E-state index contributed by atoms with van der Waals surface area (Å²) in [5.41, 5.74) is 4.77. The summed E-state index contributed by atoms with van der Waals surface area (Å²) in [6, 6.07) is 0. The van der Waals surface area contributed by atoms with Gasteiger partial charge in [0.15, 0.2) is 9.84 Å². The molecule has 2 unspecified atom stereocenters. The van der Waals surface area contributed by atoms with Gasteiger partial charge in [-0.05, 0) is 26.2 Å². The molecule has 0 saturated carbocycles. The molecule has 0 aromatic carbocycles. The smallest absolute Gasteiger partial charge is 0.239 e. The van der Waals surface area contributed by atoms with Crippen molar-refractivity contribution >= 4 is 33.0 Å². The van der Waals surface area contributed by atoms with Crippen molar-refractivity contribution in [3.63, 3.8) is 0 Å². The van der Waals surface area contributed by atoms with Crippen LogP contribution in [0, 0.1) is 0 Å². The Morgan fingerprint density at radius 3 is 2.56 bits per heavy atom. The largest absolute Gasteiger partial charge is 0.391 e. The first kappa shape index (κ1) is 15.4. The first-order valence-corrected chi connectivity index (χ1v) is 8.19. The highest BCUT2D eigenvalue weighted by Crippen LogP contribution is 2.21. The van der Waals surface area contributed by atoms with Crippen LogP contribution in [0.2, 0.25) is 0 Å².